The molecule has 2 aliphatic rings. The van der Waals surface area contributed by atoms with Crippen LogP contribution in [0.1, 0.15) is 47.5 Å². The number of rotatable bonds is 2. The number of carbonyl (C=O) groups is 5. The molecule has 4 atom stereocenters. The van der Waals surface area contributed by atoms with Crippen molar-refractivity contribution in [1.29, 1.82) is 0 Å². The van der Waals surface area contributed by atoms with Crippen LogP contribution in [-0.4, -0.2) is 65.3 Å². The van der Waals surface area contributed by atoms with Crippen molar-refractivity contribution in [3.05, 3.63) is 23.9 Å². The van der Waals surface area contributed by atoms with E-state index in [9.17, 15) is 24.0 Å². The number of nitrogens with one attached hydrogen (secondary N) is 4. The third-order valence-electron chi connectivity index (χ3n) is 5.59. The molecule has 1 fully saturated rings. The third-order valence-corrected chi connectivity index (χ3v) is 8.03. The fraction of sp³-hybridized carbons (Fsp3) is 0.625. The Morgan fingerprint density at radius 2 is 1.64 bits per heavy atom. The second-order valence-corrected chi connectivity index (χ2v) is 11.9. The molecule has 4 N–H and O–H groups in total. The maximum Gasteiger partial charge on any atom is 0.329 e. The predicted octanol–water partition coefficient (Wildman–Crippen LogP) is 1.43. The van der Waals surface area contributed by atoms with Crippen molar-refractivity contribution >= 4 is 51.2 Å². The van der Waals surface area contributed by atoms with E-state index >= 15 is 0 Å². The molecule has 4 amide bonds. The summed E-state index contributed by atoms with van der Waals surface area (Å²) in [5.41, 5.74) is -0.0445. The van der Waals surface area contributed by atoms with Crippen molar-refractivity contribution in [3.8, 4) is 0 Å². The number of fused-ring (bicyclic) bond motifs is 7. The molecule has 0 saturated carbocycles. The van der Waals surface area contributed by atoms with Crippen molar-refractivity contribution in [2.45, 2.75) is 71.7 Å². The molecular weight excluding hydrogens is 504 g/mol. The minimum absolute atomic E-state index is 0.0445. The molecule has 0 aliphatic carbocycles. The van der Waals surface area contributed by atoms with Crippen molar-refractivity contribution in [2.24, 2.45) is 11.8 Å². The van der Waals surface area contributed by atoms with E-state index in [0.29, 0.717) is 12.2 Å². The van der Waals surface area contributed by atoms with E-state index in [1.165, 1.54) is 27.7 Å². The summed E-state index contributed by atoms with van der Waals surface area (Å²) < 4.78 is 5.65. The Hall–Kier alpha value is -2.47. The molecule has 12 heteroatoms. The van der Waals surface area contributed by atoms with E-state index in [1.54, 1.807) is 40.7 Å². The van der Waals surface area contributed by atoms with Gasteiger partial charge in [-0.2, -0.15) is 0 Å². The summed E-state index contributed by atoms with van der Waals surface area (Å²) >= 11 is 0. The molecule has 2 rings (SSSR count). The molecule has 2 heterocycles. The van der Waals surface area contributed by atoms with Crippen LogP contribution in [0.3, 0.4) is 0 Å². The molecular formula is C24H36N4O6S2. The summed E-state index contributed by atoms with van der Waals surface area (Å²) in [5.74, 6) is -2.54. The van der Waals surface area contributed by atoms with Gasteiger partial charge in [0, 0.05) is 11.5 Å². The maximum absolute atomic E-state index is 13.2. The van der Waals surface area contributed by atoms with Crippen molar-refractivity contribution in [1.82, 2.24) is 21.3 Å². The van der Waals surface area contributed by atoms with Crippen LogP contribution < -0.4 is 21.3 Å². The van der Waals surface area contributed by atoms with Crippen LogP contribution in [0.2, 0.25) is 0 Å². The number of hydrogen-bond acceptors (Lipinski definition) is 8. The highest BCUT2D eigenvalue weighted by Gasteiger charge is 2.33. The molecule has 10 nitrogen and oxygen atoms in total. The van der Waals surface area contributed by atoms with E-state index in [1.807, 2.05) is 6.08 Å². The SMILES string of the molecule is C/C=C1\NC(=O)[C@H]2CSSCC/C=C\[C@H](CC(=O)NC(C(C)C)C(=O)N2)OC(=O)C(C(C)C)NC1=O. The van der Waals surface area contributed by atoms with Gasteiger partial charge in [0.1, 0.15) is 29.9 Å². The normalized spacial score (nSPS) is 29.6. The van der Waals surface area contributed by atoms with Gasteiger partial charge in [0.15, 0.2) is 0 Å². The molecule has 0 aromatic heterocycles. The molecule has 1 saturated heterocycles. The number of carbonyl (C=O) groups excluding carboxylic acids is 5. The van der Waals surface area contributed by atoms with E-state index < -0.39 is 53.8 Å². The summed E-state index contributed by atoms with van der Waals surface area (Å²) in [6.45, 7) is 8.66. The van der Waals surface area contributed by atoms with E-state index in [-0.39, 0.29) is 29.7 Å². The largest absolute Gasteiger partial charge is 0.456 e. The molecule has 0 aromatic carbocycles. The Morgan fingerprint density at radius 1 is 0.944 bits per heavy atom. The molecule has 36 heavy (non-hydrogen) atoms. The standard InChI is InChI=1S/C24H36N4O6S2/c1-6-16-21(30)28-20(14(4)5)24(33)34-15-9-7-8-10-35-36-12-17(22(31)25-16)26-23(32)19(13(2)3)27-18(29)11-15/h6-7,9,13-15,17,19-20H,8,10-12H2,1-5H3,(H,25,31)(H,26,32)(H,27,29)(H,28,30)/b9-7-,16-6-/t15-,17-,19?,20?/m1/s1. The number of hydrogen-bond donors (Lipinski definition) is 4. The van der Waals surface area contributed by atoms with E-state index in [0.717, 1.165) is 0 Å². The summed E-state index contributed by atoms with van der Waals surface area (Å²) in [6, 6.07) is -2.86. The van der Waals surface area contributed by atoms with Crippen LogP contribution in [0.4, 0.5) is 0 Å². The van der Waals surface area contributed by atoms with Crippen LogP contribution in [-0.2, 0) is 28.7 Å². The Bertz CT molecular complexity index is 905. The maximum atomic E-state index is 13.2. The molecule has 2 unspecified atom stereocenters. The lowest BCUT2D eigenvalue weighted by atomic mass is 10.0. The molecule has 2 aliphatic heterocycles. The van der Waals surface area contributed by atoms with Gasteiger partial charge in [-0.1, -0.05) is 61.4 Å². The zero-order valence-corrected chi connectivity index (χ0v) is 22.9. The minimum Gasteiger partial charge on any atom is -0.456 e. The highest BCUT2D eigenvalue weighted by Crippen LogP contribution is 2.24. The zero-order chi connectivity index (χ0) is 26.8. The average Bonchev–Trinajstić information content (AvgIpc) is 2.81. The lowest BCUT2D eigenvalue weighted by molar-refractivity contribution is -0.153. The van der Waals surface area contributed by atoms with Crippen molar-refractivity contribution < 1.29 is 28.7 Å². The lowest BCUT2D eigenvalue weighted by Gasteiger charge is -2.27. The second kappa shape index (κ2) is 14.3. The lowest BCUT2D eigenvalue weighted by Crippen LogP contribution is -2.57. The van der Waals surface area contributed by atoms with Gasteiger partial charge >= 0.3 is 5.97 Å². The van der Waals surface area contributed by atoms with Crippen molar-refractivity contribution in [2.75, 3.05) is 11.5 Å². The molecule has 2 bridgehead atoms. The first-order valence-corrected chi connectivity index (χ1v) is 14.5. The quantitative estimate of drug-likeness (QED) is 0.178. The minimum atomic E-state index is -1.00. The highest BCUT2D eigenvalue weighted by molar-refractivity contribution is 8.76. The van der Waals surface area contributed by atoms with E-state index in [2.05, 4.69) is 21.3 Å². The van der Waals surface area contributed by atoms with Gasteiger partial charge in [-0.3, -0.25) is 19.2 Å². The van der Waals surface area contributed by atoms with Crippen LogP contribution in [0.15, 0.2) is 23.9 Å². The zero-order valence-electron chi connectivity index (χ0n) is 21.3. The van der Waals surface area contributed by atoms with Crippen LogP contribution >= 0.6 is 21.6 Å². The first-order chi connectivity index (χ1) is 17.0. The monoisotopic (exact) mass is 540 g/mol. The molecule has 0 aromatic rings. The van der Waals surface area contributed by atoms with Crippen molar-refractivity contribution in [3.63, 3.8) is 0 Å². The van der Waals surface area contributed by atoms with Gasteiger partial charge in [-0.05, 0) is 31.3 Å². The van der Waals surface area contributed by atoms with Gasteiger partial charge in [0.2, 0.25) is 17.7 Å². The number of amides is 4. The first-order valence-electron chi connectivity index (χ1n) is 12.0. The van der Waals surface area contributed by atoms with Crippen LogP contribution in [0.5, 0.6) is 0 Å². The number of ether oxygens (including phenoxy) is 1. The third kappa shape index (κ3) is 8.88. The topological polar surface area (TPSA) is 143 Å². The Balaban J connectivity index is 2.55. The van der Waals surface area contributed by atoms with Gasteiger partial charge in [0.05, 0.1) is 6.42 Å². The fourth-order valence-corrected chi connectivity index (χ4v) is 5.66. The average molecular weight is 541 g/mol. The second-order valence-electron chi connectivity index (χ2n) is 9.24. The Kier molecular flexibility index (Phi) is 11.8. The number of esters is 1. The van der Waals surface area contributed by atoms with Gasteiger partial charge in [-0.25, -0.2) is 4.79 Å². The Labute approximate surface area is 220 Å². The van der Waals surface area contributed by atoms with Crippen LogP contribution in [0, 0.1) is 11.8 Å². The molecule has 200 valence electrons. The summed E-state index contributed by atoms with van der Waals surface area (Å²) in [4.78, 5) is 65.2. The van der Waals surface area contributed by atoms with Gasteiger partial charge in [-0.15, -0.1) is 0 Å². The summed E-state index contributed by atoms with van der Waals surface area (Å²) in [7, 11) is 2.95. The van der Waals surface area contributed by atoms with Gasteiger partial charge in [0.25, 0.3) is 5.91 Å². The Morgan fingerprint density at radius 3 is 2.28 bits per heavy atom. The summed E-state index contributed by atoms with van der Waals surface area (Å²) in [6.07, 6.45) is 4.51. The predicted molar refractivity (Wildman–Crippen MR) is 141 cm³/mol. The molecule has 0 spiro atoms. The van der Waals surface area contributed by atoms with E-state index in [4.69, 9.17) is 4.74 Å². The fourth-order valence-electron chi connectivity index (χ4n) is 3.50. The smallest absolute Gasteiger partial charge is 0.329 e. The summed E-state index contributed by atoms with van der Waals surface area (Å²) in [5, 5.41) is 10.7. The first kappa shape index (κ1) is 29.8. The highest BCUT2D eigenvalue weighted by atomic mass is 33.1. The van der Waals surface area contributed by atoms with Gasteiger partial charge < -0.3 is 26.0 Å². The number of allylic oxidation sites excluding steroid dienone is 2. The van der Waals surface area contributed by atoms with Crippen LogP contribution in [0.25, 0.3) is 0 Å². The molecule has 0 radical (unpaired) electrons.